The zero-order valence-electron chi connectivity index (χ0n) is 17.4. The first-order chi connectivity index (χ1) is 14.0. The van der Waals surface area contributed by atoms with Gasteiger partial charge in [0.05, 0.1) is 7.05 Å². The van der Waals surface area contributed by atoms with Crippen molar-refractivity contribution in [3.8, 4) is 5.88 Å². The predicted molar refractivity (Wildman–Crippen MR) is 115 cm³/mol. The van der Waals surface area contributed by atoms with E-state index in [1.54, 1.807) is 13.3 Å². The Balaban J connectivity index is 1.91. The molecule has 8 nitrogen and oxygen atoms in total. The van der Waals surface area contributed by atoms with E-state index in [1.165, 1.54) is 23.7 Å². The van der Waals surface area contributed by atoms with Gasteiger partial charge in [0.25, 0.3) is 0 Å². The third-order valence-electron chi connectivity index (χ3n) is 4.88. The number of rotatable bonds is 1. The monoisotopic (exact) mass is 474 g/mol. The van der Waals surface area contributed by atoms with Crippen molar-refractivity contribution in [2.75, 3.05) is 23.5 Å². The average molecular weight is 475 g/mol. The van der Waals surface area contributed by atoms with Crippen LogP contribution in [0.3, 0.4) is 0 Å². The molecule has 1 saturated heterocycles. The standard InChI is InChI=1S/C18H22ClFN5O3S2/c1-8-15-24(30-7-25(15,5)17(26)28-18(2,3)4)13-9-11(21-16(23-13)29-6)10(20)12(19)22-14(9)27-8/h8,15H,7H2,1-6H3/q+1. The Bertz CT molecular complexity index is 1050. The van der Waals surface area contributed by atoms with Gasteiger partial charge in [-0.15, -0.1) is 0 Å². The van der Waals surface area contributed by atoms with Gasteiger partial charge >= 0.3 is 6.09 Å². The number of thioether (sulfide) groups is 1. The van der Waals surface area contributed by atoms with Crippen molar-refractivity contribution in [3.05, 3.63) is 11.0 Å². The second-order valence-electron chi connectivity index (χ2n) is 8.35. The van der Waals surface area contributed by atoms with Crippen molar-refractivity contribution >= 4 is 58.1 Å². The number of fused-ring (bicyclic) bond motifs is 2. The normalized spacial score (nSPS) is 25.7. The molecule has 0 saturated carbocycles. The summed E-state index contributed by atoms with van der Waals surface area (Å²) in [6.07, 6.45) is 0.452. The molecule has 162 valence electrons. The first kappa shape index (κ1) is 21.7. The molecule has 12 heteroatoms. The highest BCUT2D eigenvalue weighted by Gasteiger charge is 2.58. The second-order valence-corrected chi connectivity index (χ2v) is 10.4. The maximum atomic E-state index is 14.8. The first-order valence-corrected chi connectivity index (χ1v) is 11.8. The van der Waals surface area contributed by atoms with Crippen LogP contribution in [-0.4, -0.2) is 62.6 Å². The summed E-state index contributed by atoms with van der Waals surface area (Å²) in [7, 11) is 1.80. The van der Waals surface area contributed by atoms with E-state index in [9.17, 15) is 9.18 Å². The van der Waals surface area contributed by atoms with Gasteiger partial charge in [-0.25, -0.2) is 18.7 Å². The van der Waals surface area contributed by atoms with Crippen molar-refractivity contribution in [1.82, 2.24) is 15.0 Å². The molecular formula is C18H22ClFN5O3S2+. The summed E-state index contributed by atoms with van der Waals surface area (Å²) in [5.41, 5.74) is -0.591. The van der Waals surface area contributed by atoms with Gasteiger partial charge in [0.2, 0.25) is 12.0 Å². The molecule has 3 unspecified atom stereocenters. The number of ether oxygens (including phenoxy) is 2. The number of hydrogen-bond acceptors (Lipinski definition) is 9. The minimum Gasteiger partial charge on any atom is -0.465 e. The van der Waals surface area contributed by atoms with Crippen LogP contribution in [0.25, 0.3) is 10.9 Å². The molecule has 2 aromatic rings. The first-order valence-electron chi connectivity index (χ1n) is 9.24. The predicted octanol–water partition coefficient (Wildman–Crippen LogP) is 4.45. The van der Waals surface area contributed by atoms with Crippen LogP contribution in [0.1, 0.15) is 27.7 Å². The van der Waals surface area contributed by atoms with Gasteiger partial charge in [0.15, 0.2) is 33.9 Å². The maximum absolute atomic E-state index is 14.8. The number of hydrogen-bond donors (Lipinski definition) is 0. The molecule has 1 amide bonds. The number of aromatic nitrogens is 3. The Hall–Kier alpha value is -1.56. The maximum Gasteiger partial charge on any atom is 0.518 e. The summed E-state index contributed by atoms with van der Waals surface area (Å²) in [4.78, 5) is 26.2. The minimum atomic E-state index is -0.724. The number of halogens is 2. The summed E-state index contributed by atoms with van der Waals surface area (Å²) < 4.78 is 28.5. The number of quaternary nitrogens is 1. The van der Waals surface area contributed by atoms with Crippen molar-refractivity contribution in [2.24, 2.45) is 0 Å². The van der Waals surface area contributed by atoms with Gasteiger partial charge in [-0.1, -0.05) is 23.4 Å². The summed E-state index contributed by atoms with van der Waals surface area (Å²) in [5, 5.41) is 0.409. The third-order valence-corrected chi connectivity index (χ3v) is 7.00. The smallest absolute Gasteiger partial charge is 0.465 e. The number of carbonyl (C=O) groups excluding carboxylic acids is 1. The van der Waals surface area contributed by atoms with Crippen LogP contribution in [0, 0.1) is 5.82 Å². The SMILES string of the molecule is CSc1nc2c3c(nc(Cl)c(F)c3n1)OC(C)C1N2SC[N+]1(C)C(=O)OC(C)(C)C. The fourth-order valence-corrected chi connectivity index (χ4v) is 5.52. The zero-order valence-corrected chi connectivity index (χ0v) is 19.8. The molecule has 0 N–H and O–H groups in total. The Morgan fingerprint density at radius 3 is 2.73 bits per heavy atom. The Morgan fingerprint density at radius 1 is 1.40 bits per heavy atom. The van der Waals surface area contributed by atoms with Crippen LogP contribution < -0.4 is 9.04 Å². The van der Waals surface area contributed by atoms with Crippen molar-refractivity contribution in [1.29, 1.82) is 0 Å². The van der Waals surface area contributed by atoms with Crippen LogP contribution in [0.5, 0.6) is 5.88 Å². The molecule has 0 spiro atoms. The number of pyridine rings is 1. The van der Waals surface area contributed by atoms with E-state index in [-0.39, 0.29) is 27.1 Å². The van der Waals surface area contributed by atoms with Crippen molar-refractivity contribution in [2.45, 2.75) is 50.7 Å². The van der Waals surface area contributed by atoms with Gasteiger partial charge in [-0.05, 0) is 34.0 Å². The molecule has 0 aliphatic carbocycles. The molecule has 0 bridgehead atoms. The molecule has 3 atom stereocenters. The minimum absolute atomic E-state index is 0.0474. The quantitative estimate of drug-likeness (QED) is 0.196. The topological polar surface area (TPSA) is 77.4 Å². The van der Waals surface area contributed by atoms with Crippen molar-refractivity contribution < 1.29 is 23.1 Å². The van der Waals surface area contributed by atoms with E-state index in [4.69, 9.17) is 21.1 Å². The number of likely N-dealkylation sites (N-methyl/N-ethyl adjacent to an activating group) is 1. The molecular weight excluding hydrogens is 453 g/mol. The molecule has 4 heterocycles. The number of amides is 1. The van der Waals surface area contributed by atoms with E-state index < -0.39 is 23.7 Å². The lowest BCUT2D eigenvalue weighted by molar-refractivity contribution is -0.848. The number of nitrogens with zero attached hydrogens (tertiary/aromatic N) is 5. The molecule has 30 heavy (non-hydrogen) atoms. The summed E-state index contributed by atoms with van der Waals surface area (Å²) >= 11 is 8.71. The molecule has 0 radical (unpaired) electrons. The molecule has 2 aromatic heterocycles. The van der Waals surface area contributed by atoms with Gasteiger partial charge in [-0.3, -0.25) is 0 Å². The third kappa shape index (κ3) is 3.35. The second kappa shape index (κ2) is 7.25. The van der Waals surface area contributed by atoms with E-state index in [1.807, 2.05) is 32.0 Å². The van der Waals surface area contributed by atoms with Crippen LogP contribution in [-0.2, 0) is 4.74 Å². The largest absolute Gasteiger partial charge is 0.518 e. The zero-order chi connectivity index (χ0) is 22.0. The van der Waals surface area contributed by atoms with E-state index >= 15 is 0 Å². The lowest BCUT2D eigenvalue weighted by Crippen LogP contribution is -2.62. The fourth-order valence-electron chi connectivity index (χ4n) is 3.58. The number of anilines is 1. The van der Waals surface area contributed by atoms with Crippen LogP contribution in [0.15, 0.2) is 5.16 Å². The lowest BCUT2D eigenvalue weighted by Gasteiger charge is -2.36. The van der Waals surface area contributed by atoms with E-state index in [0.29, 0.717) is 22.2 Å². The van der Waals surface area contributed by atoms with Crippen LogP contribution in [0.4, 0.5) is 15.0 Å². The Kier molecular flexibility index (Phi) is 5.23. The Morgan fingerprint density at radius 2 is 2.10 bits per heavy atom. The van der Waals surface area contributed by atoms with Gasteiger partial charge in [-0.2, -0.15) is 14.3 Å². The molecule has 4 rings (SSSR count). The lowest BCUT2D eigenvalue weighted by atomic mass is 10.2. The highest BCUT2D eigenvalue weighted by Crippen LogP contribution is 2.48. The highest BCUT2D eigenvalue weighted by atomic mass is 35.5. The van der Waals surface area contributed by atoms with Crippen LogP contribution >= 0.6 is 35.3 Å². The molecule has 2 aliphatic heterocycles. The van der Waals surface area contributed by atoms with Gasteiger partial charge < -0.3 is 9.47 Å². The Labute approximate surface area is 187 Å². The highest BCUT2D eigenvalue weighted by molar-refractivity contribution is 8.00. The van der Waals surface area contributed by atoms with Gasteiger partial charge in [0, 0.05) is 11.9 Å². The van der Waals surface area contributed by atoms with Gasteiger partial charge in [0.1, 0.15) is 16.5 Å². The van der Waals surface area contributed by atoms with Crippen LogP contribution in [0.2, 0.25) is 5.15 Å². The summed E-state index contributed by atoms with van der Waals surface area (Å²) in [5.74, 6) is 0.286. The van der Waals surface area contributed by atoms with E-state index in [2.05, 4.69) is 15.0 Å². The van der Waals surface area contributed by atoms with E-state index in [0.717, 1.165) is 0 Å². The fraction of sp³-hybridized carbons (Fsp3) is 0.556. The molecule has 2 aliphatic rings. The molecule has 1 fully saturated rings. The summed E-state index contributed by atoms with van der Waals surface area (Å²) in [6, 6.07) is 0. The summed E-state index contributed by atoms with van der Waals surface area (Å²) in [6.45, 7) is 7.32. The molecule has 0 aromatic carbocycles. The average Bonchev–Trinajstić information content (AvgIpc) is 2.96. The number of carbonyl (C=O) groups is 1. The van der Waals surface area contributed by atoms with Crippen molar-refractivity contribution in [3.63, 3.8) is 0 Å².